The van der Waals surface area contributed by atoms with Gasteiger partial charge in [0.2, 0.25) is 5.95 Å². The van der Waals surface area contributed by atoms with Crippen LogP contribution in [0.5, 0.6) is 0 Å². The molecule has 0 aliphatic carbocycles. The van der Waals surface area contributed by atoms with Crippen LogP contribution in [0.15, 0.2) is 43.0 Å². The maximum Gasteiger partial charge on any atom is 0.321 e. The van der Waals surface area contributed by atoms with Crippen LogP contribution in [0.4, 0.5) is 27.9 Å². The molecular formula is C22H30BN9O. The van der Waals surface area contributed by atoms with Crippen LogP contribution < -0.4 is 21.4 Å². The highest BCUT2D eigenvalue weighted by Crippen LogP contribution is 2.20. The van der Waals surface area contributed by atoms with Crippen LogP contribution in [0.3, 0.4) is 0 Å². The van der Waals surface area contributed by atoms with Gasteiger partial charge in [-0.25, -0.2) is 14.8 Å². The summed E-state index contributed by atoms with van der Waals surface area (Å²) in [5.41, 5.74) is 3.48. The predicted octanol–water partition coefficient (Wildman–Crippen LogP) is 1.02. The summed E-state index contributed by atoms with van der Waals surface area (Å²) < 4.78 is 0. The average Bonchev–Trinajstić information content (AvgIpc) is 3.49. The molecule has 3 aromatic rings. The minimum Gasteiger partial charge on any atom is -0.370 e. The average molecular weight is 447 g/mol. The highest BCUT2D eigenvalue weighted by Gasteiger charge is 2.27. The number of urea groups is 1. The largest absolute Gasteiger partial charge is 0.370 e. The summed E-state index contributed by atoms with van der Waals surface area (Å²) in [6.07, 6.45) is 7.13. The van der Waals surface area contributed by atoms with Crippen molar-refractivity contribution in [3.05, 3.63) is 48.7 Å². The van der Waals surface area contributed by atoms with Gasteiger partial charge in [0.25, 0.3) is 0 Å². The zero-order valence-corrected chi connectivity index (χ0v) is 19.3. The number of aromatic nitrogens is 4. The third-order valence-corrected chi connectivity index (χ3v) is 5.75. The molecule has 0 saturated carbocycles. The molecule has 4 rings (SSSR count). The molecule has 0 spiro atoms. The second-order valence-corrected chi connectivity index (χ2v) is 8.45. The molecule has 11 heteroatoms. The van der Waals surface area contributed by atoms with E-state index in [2.05, 4.69) is 54.9 Å². The number of H-pyrrole nitrogens is 1. The van der Waals surface area contributed by atoms with E-state index in [1.54, 1.807) is 12.5 Å². The smallest absolute Gasteiger partial charge is 0.321 e. The van der Waals surface area contributed by atoms with Crippen molar-refractivity contribution in [3.63, 3.8) is 0 Å². The van der Waals surface area contributed by atoms with Crippen molar-refractivity contribution in [1.82, 2.24) is 29.7 Å². The van der Waals surface area contributed by atoms with Gasteiger partial charge in [0, 0.05) is 55.9 Å². The molecule has 1 aliphatic rings. The summed E-state index contributed by atoms with van der Waals surface area (Å²) in [4.78, 5) is 32.9. The molecule has 1 fully saturated rings. The fraction of sp³-hybridized carbons (Fsp3) is 0.364. The fourth-order valence-electron chi connectivity index (χ4n) is 3.77. The summed E-state index contributed by atoms with van der Waals surface area (Å²) in [6.45, 7) is 2.22. The Morgan fingerprint density at radius 1 is 1.30 bits per heavy atom. The Labute approximate surface area is 194 Å². The lowest BCUT2D eigenvalue weighted by atomic mass is 9.99. The van der Waals surface area contributed by atoms with Gasteiger partial charge in [-0.05, 0) is 44.2 Å². The van der Waals surface area contributed by atoms with Crippen LogP contribution in [0.2, 0.25) is 0 Å². The Hall–Kier alpha value is -3.60. The molecule has 1 aromatic carbocycles. The summed E-state index contributed by atoms with van der Waals surface area (Å²) in [6, 6.07) is 7.89. The lowest BCUT2D eigenvalue weighted by Gasteiger charge is -2.21. The Balaban J connectivity index is 1.35. The number of nitrogens with zero attached hydrogens (tertiary/aromatic N) is 5. The number of carbonyl (C=O) groups excluding carboxylic acids is 1. The molecule has 1 aliphatic heterocycles. The van der Waals surface area contributed by atoms with Gasteiger partial charge in [0.1, 0.15) is 13.7 Å². The standard InChI is InChI=1S/C22H30BN9O/c1-31(2)18-7-9-32(13-18)22(33)29-16-5-3-4-15(10-16)28-21-26-12-19(23)20(30-21)25-8-6-17-11-24-14-27-17/h3-5,10-12,14,18H,6-9,13,23H2,1-2H3,(H,24,27)(H,29,33)(H2,25,26,28,30)/t18-/m0/s1. The number of nitrogens with one attached hydrogen (secondary N) is 4. The Bertz CT molecular complexity index is 1070. The SMILES string of the molecule is Bc1cnc(Nc2cccc(NC(=O)N3CC[C@H](N(C)C)C3)c2)nc1NCCc1c[nH]cn1. The summed E-state index contributed by atoms with van der Waals surface area (Å²) >= 11 is 0. The molecule has 2 aromatic heterocycles. The molecule has 10 nitrogen and oxygen atoms in total. The number of aromatic amines is 1. The number of benzene rings is 1. The van der Waals surface area contributed by atoms with Crippen LogP contribution in [0.1, 0.15) is 12.1 Å². The lowest BCUT2D eigenvalue weighted by Crippen LogP contribution is -2.36. The summed E-state index contributed by atoms with van der Waals surface area (Å²) in [5, 5.41) is 9.57. The van der Waals surface area contributed by atoms with Crippen molar-refractivity contribution in [2.75, 3.05) is 49.7 Å². The second kappa shape index (κ2) is 10.3. The molecule has 0 bridgehead atoms. The van der Waals surface area contributed by atoms with Gasteiger partial charge in [0.15, 0.2) is 0 Å². The van der Waals surface area contributed by atoms with E-state index in [1.165, 1.54) is 0 Å². The van der Waals surface area contributed by atoms with Gasteiger partial charge in [0.05, 0.1) is 12.0 Å². The number of rotatable bonds is 8. The molecular weight excluding hydrogens is 417 g/mol. The van der Waals surface area contributed by atoms with Crippen molar-refractivity contribution >= 4 is 42.5 Å². The normalized spacial score (nSPS) is 15.6. The summed E-state index contributed by atoms with van der Waals surface area (Å²) in [7, 11) is 6.07. The molecule has 1 atom stereocenters. The molecule has 3 heterocycles. The first kappa shape index (κ1) is 22.6. The Kier molecular flexibility index (Phi) is 7.08. The maximum atomic E-state index is 12.7. The van der Waals surface area contributed by atoms with Gasteiger partial charge in [-0.15, -0.1) is 0 Å². The number of hydrogen-bond acceptors (Lipinski definition) is 7. The van der Waals surface area contributed by atoms with Crippen molar-refractivity contribution in [2.24, 2.45) is 0 Å². The number of hydrogen-bond donors (Lipinski definition) is 4. The highest BCUT2D eigenvalue weighted by molar-refractivity contribution is 6.35. The maximum absolute atomic E-state index is 12.7. The van der Waals surface area contributed by atoms with Crippen LogP contribution in [-0.2, 0) is 6.42 Å². The lowest BCUT2D eigenvalue weighted by molar-refractivity contribution is 0.216. The van der Waals surface area contributed by atoms with E-state index in [-0.39, 0.29) is 6.03 Å². The van der Waals surface area contributed by atoms with Crippen molar-refractivity contribution in [2.45, 2.75) is 18.9 Å². The van der Waals surface area contributed by atoms with Crippen LogP contribution in [0, 0.1) is 0 Å². The number of amides is 2. The van der Waals surface area contributed by atoms with E-state index in [0.29, 0.717) is 12.0 Å². The van der Waals surface area contributed by atoms with Crippen molar-refractivity contribution < 1.29 is 4.79 Å². The Morgan fingerprint density at radius 3 is 2.91 bits per heavy atom. The first-order chi connectivity index (χ1) is 16.0. The van der Waals surface area contributed by atoms with Gasteiger partial charge >= 0.3 is 6.03 Å². The molecule has 0 radical (unpaired) electrons. The number of likely N-dealkylation sites (tertiary alicyclic amines) is 1. The number of carbonyl (C=O) groups is 1. The minimum absolute atomic E-state index is 0.0773. The molecule has 1 saturated heterocycles. The van der Waals surface area contributed by atoms with Gasteiger partial charge < -0.3 is 30.7 Å². The minimum atomic E-state index is -0.0773. The van der Waals surface area contributed by atoms with Crippen LogP contribution in [0.25, 0.3) is 0 Å². The van der Waals surface area contributed by atoms with E-state index in [4.69, 9.17) is 0 Å². The molecule has 2 amide bonds. The van der Waals surface area contributed by atoms with Gasteiger partial charge in [-0.2, -0.15) is 4.98 Å². The quantitative estimate of drug-likeness (QED) is 0.382. The first-order valence-corrected chi connectivity index (χ1v) is 11.1. The second-order valence-electron chi connectivity index (χ2n) is 8.45. The summed E-state index contributed by atoms with van der Waals surface area (Å²) in [5.74, 6) is 1.26. The van der Waals surface area contributed by atoms with E-state index >= 15 is 0 Å². The van der Waals surface area contributed by atoms with Crippen LogP contribution in [-0.4, -0.2) is 83.4 Å². The number of imidazole rings is 1. The monoisotopic (exact) mass is 447 g/mol. The van der Waals surface area contributed by atoms with Gasteiger partial charge in [-0.3, -0.25) is 0 Å². The third kappa shape index (κ3) is 6.01. The molecule has 172 valence electrons. The first-order valence-electron chi connectivity index (χ1n) is 11.1. The molecule has 33 heavy (non-hydrogen) atoms. The molecule has 0 unspecified atom stereocenters. The van der Waals surface area contributed by atoms with Gasteiger partial charge in [-0.1, -0.05) is 6.07 Å². The highest BCUT2D eigenvalue weighted by atomic mass is 16.2. The predicted molar refractivity (Wildman–Crippen MR) is 133 cm³/mol. The molecule has 4 N–H and O–H groups in total. The van der Waals surface area contributed by atoms with E-state index in [1.807, 2.05) is 43.2 Å². The van der Waals surface area contributed by atoms with E-state index in [0.717, 1.165) is 60.8 Å². The van der Waals surface area contributed by atoms with E-state index < -0.39 is 0 Å². The van der Waals surface area contributed by atoms with Crippen molar-refractivity contribution in [1.29, 1.82) is 0 Å². The topological polar surface area (TPSA) is 114 Å². The fourth-order valence-corrected chi connectivity index (χ4v) is 3.77. The van der Waals surface area contributed by atoms with Crippen molar-refractivity contribution in [3.8, 4) is 0 Å². The zero-order valence-electron chi connectivity index (χ0n) is 19.3. The number of likely N-dealkylation sites (N-methyl/N-ethyl adjacent to an activating group) is 1. The zero-order chi connectivity index (χ0) is 23.2. The third-order valence-electron chi connectivity index (χ3n) is 5.75. The number of anilines is 4. The van der Waals surface area contributed by atoms with E-state index in [9.17, 15) is 4.79 Å². The Morgan fingerprint density at radius 2 is 2.15 bits per heavy atom. The van der Waals surface area contributed by atoms with Crippen LogP contribution >= 0.6 is 0 Å².